The summed E-state index contributed by atoms with van der Waals surface area (Å²) >= 11 is 0. The molecule has 3 aliphatic rings. The van der Waals surface area contributed by atoms with Gasteiger partial charge in [-0.2, -0.15) is 0 Å². The quantitative estimate of drug-likeness (QED) is 0.813. The Balaban J connectivity index is 1.38. The summed E-state index contributed by atoms with van der Waals surface area (Å²) in [7, 11) is 0. The van der Waals surface area contributed by atoms with E-state index in [1.807, 2.05) is 13.8 Å². The Labute approximate surface area is 115 Å². The molecular weight excluding hydrogens is 244 g/mol. The maximum Gasteiger partial charge on any atom is 0.162 e. The van der Waals surface area contributed by atoms with Crippen LogP contribution in [-0.2, 0) is 14.2 Å². The molecule has 0 spiro atoms. The molecule has 0 amide bonds. The van der Waals surface area contributed by atoms with Crippen molar-refractivity contribution in [1.29, 1.82) is 0 Å². The van der Waals surface area contributed by atoms with Gasteiger partial charge in [0.05, 0.1) is 32.0 Å². The van der Waals surface area contributed by atoms with E-state index < -0.39 is 5.79 Å². The zero-order valence-corrected chi connectivity index (χ0v) is 12.1. The van der Waals surface area contributed by atoms with Crippen LogP contribution in [0, 0.1) is 0 Å². The Morgan fingerprint density at radius 3 is 2.79 bits per heavy atom. The van der Waals surface area contributed by atoms with Gasteiger partial charge < -0.3 is 19.5 Å². The monoisotopic (exact) mass is 270 g/mol. The Hall–Kier alpha value is -0.200. The number of hydrogen-bond acceptors (Lipinski definition) is 5. The molecule has 0 aliphatic carbocycles. The molecule has 0 saturated carbocycles. The molecule has 5 heteroatoms. The fraction of sp³-hybridized carbons (Fsp3) is 1.00. The van der Waals surface area contributed by atoms with E-state index in [-0.39, 0.29) is 6.04 Å². The first kappa shape index (κ1) is 13.8. The van der Waals surface area contributed by atoms with Gasteiger partial charge in [0, 0.05) is 19.1 Å². The average Bonchev–Trinajstić information content (AvgIpc) is 2.85. The number of nitrogens with one attached hydrogen (secondary N) is 1. The molecule has 110 valence electrons. The lowest BCUT2D eigenvalue weighted by Gasteiger charge is -2.38. The van der Waals surface area contributed by atoms with E-state index in [0.717, 1.165) is 19.7 Å². The lowest BCUT2D eigenvalue weighted by atomic mass is 10.2. The summed E-state index contributed by atoms with van der Waals surface area (Å²) in [4.78, 5) is 2.58. The van der Waals surface area contributed by atoms with Crippen molar-refractivity contribution in [3.8, 4) is 0 Å². The molecule has 0 aromatic heterocycles. The highest BCUT2D eigenvalue weighted by atomic mass is 16.7. The summed E-state index contributed by atoms with van der Waals surface area (Å²) in [5.74, 6) is -0.428. The van der Waals surface area contributed by atoms with Crippen molar-refractivity contribution in [1.82, 2.24) is 10.2 Å². The second-order valence-electron chi connectivity index (χ2n) is 6.37. The molecule has 3 heterocycles. The summed E-state index contributed by atoms with van der Waals surface area (Å²) in [6, 6.07) is 0.964. The molecule has 5 nitrogen and oxygen atoms in total. The fourth-order valence-corrected chi connectivity index (χ4v) is 3.12. The minimum atomic E-state index is -0.428. The summed E-state index contributed by atoms with van der Waals surface area (Å²) in [5, 5.41) is 3.51. The van der Waals surface area contributed by atoms with Crippen LogP contribution in [0.15, 0.2) is 0 Å². The number of fused-ring (bicyclic) bond motifs is 1. The van der Waals surface area contributed by atoms with Gasteiger partial charge in [0.15, 0.2) is 5.79 Å². The molecule has 0 aromatic rings. The molecule has 3 saturated heterocycles. The van der Waals surface area contributed by atoms with Crippen LogP contribution in [-0.4, -0.2) is 68.3 Å². The molecule has 19 heavy (non-hydrogen) atoms. The van der Waals surface area contributed by atoms with Gasteiger partial charge in [0.2, 0.25) is 0 Å². The number of hydrogen-bond donors (Lipinski definition) is 1. The van der Waals surface area contributed by atoms with Crippen molar-refractivity contribution in [2.24, 2.45) is 0 Å². The zero-order valence-electron chi connectivity index (χ0n) is 12.1. The molecular formula is C14H26N2O3. The summed E-state index contributed by atoms with van der Waals surface area (Å²) < 4.78 is 17.2. The molecule has 0 aromatic carbocycles. The van der Waals surface area contributed by atoms with Crippen LogP contribution in [0.25, 0.3) is 0 Å². The van der Waals surface area contributed by atoms with E-state index in [0.29, 0.717) is 25.4 Å². The fourth-order valence-electron chi connectivity index (χ4n) is 3.12. The third-order valence-electron chi connectivity index (χ3n) is 4.36. The summed E-state index contributed by atoms with van der Waals surface area (Å²) in [6.45, 7) is 9.45. The zero-order chi connectivity index (χ0) is 13.3. The van der Waals surface area contributed by atoms with E-state index in [2.05, 4.69) is 10.2 Å². The van der Waals surface area contributed by atoms with E-state index in [1.54, 1.807) is 0 Å². The molecule has 0 radical (unpaired) electrons. The predicted molar refractivity (Wildman–Crippen MR) is 72.1 cm³/mol. The SMILES string of the molecule is CC1(C)OCC(NCC2CN3CCCC3CO2)CO1. The van der Waals surface area contributed by atoms with Crippen LogP contribution in [0.1, 0.15) is 26.7 Å². The Bertz CT molecular complexity index is 301. The smallest absolute Gasteiger partial charge is 0.162 e. The summed E-state index contributed by atoms with van der Waals surface area (Å²) in [6.07, 6.45) is 2.94. The van der Waals surface area contributed by atoms with Crippen molar-refractivity contribution < 1.29 is 14.2 Å². The van der Waals surface area contributed by atoms with Crippen molar-refractivity contribution in [2.45, 2.75) is 50.7 Å². The Morgan fingerprint density at radius 2 is 2.00 bits per heavy atom. The van der Waals surface area contributed by atoms with Crippen LogP contribution in [0.2, 0.25) is 0 Å². The first-order valence-corrected chi connectivity index (χ1v) is 7.49. The predicted octanol–water partition coefficient (Wildman–Crippen LogP) is 0.591. The minimum absolute atomic E-state index is 0.285. The number of morpholine rings is 1. The van der Waals surface area contributed by atoms with Gasteiger partial charge in [-0.1, -0.05) is 0 Å². The number of nitrogens with zero attached hydrogens (tertiary/aromatic N) is 1. The Morgan fingerprint density at radius 1 is 1.21 bits per heavy atom. The van der Waals surface area contributed by atoms with Crippen molar-refractivity contribution in [3.63, 3.8) is 0 Å². The standard InChI is InChI=1S/C14H26N2O3/c1-14(2)18-8-11(9-19-14)15-6-13-7-16-5-3-4-12(16)10-17-13/h11-13,15H,3-10H2,1-2H3. The van der Waals surface area contributed by atoms with Gasteiger partial charge >= 0.3 is 0 Å². The van der Waals surface area contributed by atoms with Crippen LogP contribution in [0.4, 0.5) is 0 Å². The Kier molecular flexibility index (Phi) is 4.10. The van der Waals surface area contributed by atoms with Crippen LogP contribution in [0.3, 0.4) is 0 Å². The lowest BCUT2D eigenvalue weighted by molar-refractivity contribution is -0.253. The third kappa shape index (κ3) is 3.47. The van der Waals surface area contributed by atoms with Crippen LogP contribution in [0.5, 0.6) is 0 Å². The lowest BCUT2D eigenvalue weighted by Crippen LogP contribution is -2.54. The molecule has 2 atom stereocenters. The highest BCUT2D eigenvalue weighted by Gasteiger charge is 2.33. The highest BCUT2D eigenvalue weighted by Crippen LogP contribution is 2.22. The molecule has 2 unspecified atom stereocenters. The maximum absolute atomic E-state index is 5.94. The van der Waals surface area contributed by atoms with Gasteiger partial charge in [-0.25, -0.2) is 0 Å². The topological polar surface area (TPSA) is 43.0 Å². The normalized spacial score (nSPS) is 36.3. The van der Waals surface area contributed by atoms with E-state index in [4.69, 9.17) is 14.2 Å². The minimum Gasteiger partial charge on any atom is -0.374 e. The van der Waals surface area contributed by atoms with Crippen LogP contribution >= 0.6 is 0 Å². The second kappa shape index (κ2) is 5.66. The third-order valence-corrected chi connectivity index (χ3v) is 4.36. The van der Waals surface area contributed by atoms with Crippen molar-refractivity contribution in [2.75, 3.05) is 39.5 Å². The van der Waals surface area contributed by atoms with E-state index >= 15 is 0 Å². The number of rotatable bonds is 3. The van der Waals surface area contributed by atoms with Gasteiger partial charge in [0.1, 0.15) is 0 Å². The molecule has 3 fully saturated rings. The molecule has 3 rings (SSSR count). The molecule has 3 aliphatic heterocycles. The largest absolute Gasteiger partial charge is 0.374 e. The van der Waals surface area contributed by atoms with Gasteiger partial charge in [-0.05, 0) is 33.2 Å². The highest BCUT2D eigenvalue weighted by molar-refractivity contribution is 4.86. The van der Waals surface area contributed by atoms with Gasteiger partial charge in [-0.3, -0.25) is 4.90 Å². The van der Waals surface area contributed by atoms with Gasteiger partial charge in [-0.15, -0.1) is 0 Å². The van der Waals surface area contributed by atoms with Crippen molar-refractivity contribution >= 4 is 0 Å². The van der Waals surface area contributed by atoms with Gasteiger partial charge in [0.25, 0.3) is 0 Å². The second-order valence-corrected chi connectivity index (χ2v) is 6.37. The molecule has 1 N–H and O–H groups in total. The summed E-state index contributed by atoms with van der Waals surface area (Å²) in [5.41, 5.74) is 0. The maximum atomic E-state index is 5.94. The first-order valence-electron chi connectivity index (χ1n) is 7.49. The molecule has 0 bridgehead atoms. The van der Waals surface area contributed by atoms with E-state index in [9.17, 15) is 0 Å². The van der Waals surface area contributed by atoms with E-state index in [1.165, 1.54) is 19.4 Å². The average molecular weight is 270 g/mol. The van der Waals surface area contributed by atoms with Crippen LogP contribution < -0.4 is 5.32 Å². The van der Waals surface area contributed by atoms with Crippen molar-refractivity contribution in [3.05, 3.63) is 0 Å². The first-order chi connectivity index (χ1) is 9.12. The number of ether oxygens (including phenoxy) is 3.